The van der Waals surface area contributed by atoms with Crippen LogP contribution in [0.4, 0.5) is 11.4 Å². The van der Waals surface area contributed by atoms with Crippen molar-refractivity contribution < 1.29 is 9.53 Å². The predicted molar refractivity (Wildman–Crippen MR) is 114 cm³/mol. The summed E-state index contributed by atoms with van der Waals surface area (Å²) in [6.45, 7) is 2.57. The minimum atomic E-state index is -0.383. The van der Waals surface area contributed by atoms with E-state index in [2.05, 4.69) is 16.7 Å². The van der Waals surface area contributed by atoms with Crippen molar-refractivity contribution >= 4 is 34.5 Å². The topological polar surface area (TPSA) is 66.0 Å². The first-order chi connectivity index (χ1) is 13.7. The molecular weight excluding hydrogens is 372 g/mol. The van der Waals surface area contributed by atoms with Crippen molar-refractivity contribution in [2.75, 3.05) is 44.0 Å². The van der Waals surface area contributed by atoms with Crippen molar-refractivity contribution in [2.45, 2.75) is 24.8 Å². The van der Waals surface area contributed by atoms with Gasteiger partial charge in [0.2, 0.25) is 5.91 Å². The van der Waals surface area contributed by atoms with Gasteiger partial charge in [0, 0.05) is 18.5 Å². The van der Waals surface area contributed by atoms with Gasteiger partial charge in [-0.3, -0.25) is 9.79 Å². The Labute approximate surface area is 169 Å². The van der Waals surface area contributed by atoms with Gasteiger partial charge in [-0.1, -0.05) is 18.2 Å². The molecule has 2 aromatic rings. The Bertz CT molecular complexity index is 852. The summed E-state index contributed by atoms with van der Waals surface area (Å²) in [6, 6.07) is 12.2. The number of rotatable bonds is 5. The number of piperidine rings is 1. The molecule has 2 aliphatic heterocycles. The molecule has 1 aromatic carbocycles. The normalized spacial score (nSPS) is 22.6. The van der Waals surface area contributed by atoms with E-state index in [0.29, 0.717) is 26.1 Å². The summed E-state index contributed by atoms with van der Waals surface area (Å²) in [5.74, 6) is 1.08. The van der Waals surface area contributed by atoms with Gasteiger partial charge in [0.25, 0.3) is 0 Å². The highest BCUT2D eigenvalue weighted by atomic mass is 32.1. The number of aliphatic imine (C=N–C) groups is 1. The number of fused-ring (bicyclic) bond motifs is 1. The van der Waals surface area contributed by atoms with Crippen molar-refractivity contribution in [3.05, 3.63) is 46.7 Å². The van der Waals surface area contributed by atoms with Crippen molar-refractivity contribution in [2.24, 2.45) is 4.99 Å². The molecule has 1 unspecified atom stereocenters. The van der Waals surface area contributed by atoms with Gasteiger partial charge >= 0.3 is 0 Å². The molecule has 7 heteroatoms. The van der Waals surface area contributed by atoms with Crippen molar-refractivity contribution in [3.8, 4) is 0 Å². The Morgan fingerprint density at radius 1 is 1.29 bits per heavy atom. The summed E-state index contributed by atoms with van der Waals surface area (Å²) in [6.07, 6.45) is 2.34. The van der Waals surface area contributed by atoms with Gasteiger partial charge in [0.15, 0.2) is 0 Å². The fourth-order valence-corrected chi connectivity index (χ4v) is 4.64. The van der Waals surface area contributed by atoms with E-state index < -0.39 is 0 Å². The number of hydrogen-bond donors (Lipinski definition) is 2. The number of methoxy groups -OCH3 is 1. The number of nitrogens with zero attached hydrogens (tertiary/aromatic N) is 2. The number of carbonyl (C=O) groups is 1. The molecule has 1 fully saturated rings. The van der Waals surface area contributed by atoms with Crippen molar-refractivity contribution in [1.29, 1.82) is 0 Å². The number of amidine groups is 1. The molecule has 28 heavy (non-hydrogen) atoms. The van der Waals surface area contributed by atoms with Crippen LogP contribution in [0.25, 0.3) is 0 Å². The summed E-state index contributed by atoms with van der Waals surface area (Å²) in [7, 11) is 1.68. The van der Waals surface area contributed by atoms with Gasteiger partial charge < -0.3 is 20.3 Å². The first-order valence-electron chi connectivity index (χ1n) is 9.68. The molecule has 1 spiro atoms. The van der Waals surface area contributed by atoms with Gasteiger partial charge in [0.05, 0.1) is 37.5 Å². The second-order valence-corrected chi connectivity index (χ2v) is 8.31. The van der Waals surface area contributed by atoms with Crippen LogP contribution in [-0.4, -0.2) is 55.5 Å². The second kappa shape index (κ2) is 8.32. The Morgan fingerprint density at radius 3 is 2.93 bits per heavy atom. The number of nitrogens with one attached hydrogen (secondary N) is 2. The van der Waals surface area contributed by atoms with Crippen LogP contribution in [0.15, 0.2) is 46.8 Å². The van der Waals surface area contributed by atoms with E-state index >= 15 is 0 Å². The SMILES string of the molecule is COCCN=C1Nc2ccccc2NC12CCCN(C(=O)Cc1cccs1)C2. The maximum Gasteiger partial charge on any atom is 0.227 e. The minimum absolute atomic E-state index is 0.179. The fraction of sp³-hybridized carbons (Fsp3) is 0.429. The Morgan fingerprint density at radius 2 is 2.14 bits per heavy atom. The van der Waals surface area contributed by atoms with Gasteiger partial charge in [-0.25, -0.2) is 0 Å². The number of likely N-dealkylation sites (tertiary alicyclic amines) is 1. The number of anilines is 2. The average molecular weight is 399 g/mol. The van der Waals surface area contributed by atoms with Gasteiger partial charge in [-0.05, 0) is 36.4 Å². The lowest BCUT2D eigenvalue weighted by Gasteiger charge is -2.47. The molecule has 1 aromatic heterocycles. The lowest BCUT2D eigenvalue weighted by molar-refractivity contribution is -0.131. The lowest BCUT2D eigenvalue weighted by Crippen LogP contribution is -2.62. The zero-order valence-corrected chi connectivity index (χ0v) is 16.9. The van der Waals surface area contributed by atoms with Crippen molar-refractivity contribution in [3.63, 3.8) is 0 Å². The van der Waals surface area contributed by atoms with Crippen LogP contribution in [0.5, 0.6) is 0 Å². The molecule has 0 bridgehead atoms. The maximum atomic E-state index is 12.9. The quantitative estimate of drug-likeness (QED) is 0.759. The Hall–Kier alpha value is -2.38. The van der Waals surface area contributed by atoms with Crippen LogP contribution < -0.4 is 10.6 Å². The number of thiophene rings is 1. The predicted octanol–water partition coefficient (Wildman–Crippen LogP) is 3.23. The van der Waals surface area contributed by atoms with Gasteiger partial charge in [-0.15, -0.1) is 11.3 Å². The minimum Gasteiger partial charge on any atom is -0.383 e. The number of benzene rings is 1. The van der Waals surface area contributed by atoms with Crippen LogP contribution in [0, 0.1) is 0 Å². The van der Waals surface area contributed by atoms with Crippen LogP contribution in [0.2, 0.25) is 0 Å². The van der Waals surface area contributed by atoms with Gasteiger partial charge in [0.1, 0.15) is 11.4 Å². The Kier molecular flexibility index (Phi) is 5.64. The molecule has 0 radical (unpaired) electrons. The van der Waals surface area contributed by atoms with E-state index in [1.54, 1.807) is 18.4 Å². The Balaban J connectivity index is 1.58. The highest BCUT2D eigenvalue weighted by molar-refractivity contribution is 7.10. The average Bonchev–Trinajstić information content (AvgIpc) is 3.22. The molecule has 1 atom stereocenters. The van der Waals surface area contributed by atoms with E-state index in [1.165, 1.54) is 0 Å². The molecule has 6 nitrogen and oxygen atoms in total. The highest BCUT2D eigenvalue weighted by Crippen LogP contribution is 2.36. The molecule has 2 N–H and O–H groups in total. The standard InChI is InChI=1S/C21H26N4O2S/c1-27-12-10-22-20-21(24-18-8-3-2-7-17(18)23-20)9-5-11-25(15-21)19(26)14-16-6-4-13-28-16/h2-4,6-8,13,24H,5,9-12,14-15H2,1H3,(H,22,23). The van der Waals surface area contributed by atoms with E-state index in [9.17, 15) is 4.79 Å². The first kappa shape index (κ1) is 19.0. The highest BCUT2D eigenvalue weighted by Gasteiger charge is 2.44. The lowest BCUT2D eigenvalue weighted by atomic mass is 9.85. The second-order valence-electron chi connectivity index (χ2n) is 7.28. The third-order valence-electron chi connectivity index (χ3n) is 5.32. The molecule has 1 amide bonds. The fourth-order valence-electron chi connectivity index (χ4n) is 3.94. The number of hydrogen-bond acceptors (Lipinski definition) is 5. The van der Waals surface area contributed by atoms with Crippen LogP contribution in [0.1, 0.15) is 17.7 Å². The molecular formula is C21H26N4O2S. The third kappa shape index (κ3) is 3.91. The first-order valence-corrected chi connectivity index (χ1v) is 10.6. The third-order valence-corrected chi connectivity index (χ3v) is 6.20. The van der Waals surface area contributed by atoms with E-state index in [-0.39, 0.29) is 11.4 Å². The molecule has 0 aliphatic carbocycles. The van der Waals surface area contributed by atoms with E-state index in [0.717, 1.165) is 41.5 Å². The molecule has 0 saturated carbocycles. The van der Waals surface area contributed by atoms with Crippen LogP contribution in [0.3, 0.4) is 0 Å². The number of para-hydroxylation sites is 2. The summed E-state index contributed by atoms with van der Waals surface area (Å²) in [5.41, 5.74) is 1.69. The number of ether oxygens (including phenoxy) is 1. The summed E-state index contributed by atoms with van der Waals surface area (Å²) >= 11 is 1.63. The van der Waals surface area contributed by atoms with Crippen LogP contribution >= 0.6 is 11.3 Å². The van der Waals surface area contributed by atoms with Crippen molar-refractivity contribution in [1.82, 2.24) is 4.90 Å². The zero-order chi connectivity index (χ0) is 19.4. The summed E-state index contributed by atoms with van der Waals surface area (Å²) in [4.78, 5) is 20.8. The summed E-state index contributed by atoms with van der Waals surface area (Å²) in [5, 5.41) is 9.24. The monoisotopic (exact) mass is 398 g/mol. The molecule has 3 heterocycles. The van der Waals surface area contributed by atoms with Crippen LogP contribution in [-0.2, 0) is 16.0 Å². The molecule has 2 aliphatic rings. The smallest absolute Gasteiger partial charge is 0.227 e. The summed E-state index contributed by atoms with van der Waals surface area (Å²) < 4.78 is 5.18. The van der Waals surface area contributed by atoms with E-state index in [4.69, 9.17) is 9.73 Å². The number of amides is 1. The number of carbonyl (C=O) groups excluding carboxylic acids is 1. The largest absolute Gasteiger partial charge is 0.383 e. The van der Waals surface area contributed by atoms with E-state index in [1.807, 2.05) is 40.6 Å². The zero-order valence-electron chi connectivity index (χ0n) is 16.1. The molecule has 4 rings (SSSR count). The molecule has 1 saturated heterocycles. The van der Waals surface area contributed by atoms with Gasteiger partial charge in [-0.2, -0.15) is 0 Å². The maximum absolute atomic E-state index is 12.9. The molecule has 148 valence electrons.